The van der Waals surface area contributed by atoms with E-state index in [2.05, 4.69) is 49.3 Å². The van der Waals surface area contributed by atoms with E-state index in [0.717, 1.165) is 21.1 Å². The van der Waals surface area contributed by atoms with E-state index in [0.29, 0.717) is 0 Å². The van der Waals surface area contributed by atoms with Crippen LogP contribution in [-0.4, -0.2) is 17.3 Å². The van der Waals surface area contributed by atoms with Crippen LogP contribution in [0.3, 0.4) is 0 Å². The minimum atomic E-state index is -0.0257. The number of amides is 1. The molecule has 0 saturated carbocycles. The van der Waals surface area contributed by atoms with Crippen LogP contribution in [0.2, 0.25) is 0 Å². The van der Waals surface area contributed by atoms with Crippen molar-refractivity contribution in [1.82, 2.24) is 5.32 Å². The molecule has 1 aromatic carbocycles. The number of hydrogen-bond acceptors (Lipinski definition) is 2. The lowest BCUT2D eigenvalue weighted by Crippen LogP contribution is -2.37. The van der Waals surface area contributed by atoms with Gasteiger partial charge in [0.15, 0.2) is 0 Å². The minimum absolute atomic E-state index is 0.0257. The Labute approximate surface area is 133 Å². The number of halogens is 2. The van der Waals surface area contributed by atoms with E-state index in [9.17, 15) is 4.79 Å². The summed E-state index contributed by atoms with van der Waals surface area (Å²) in [4.78, 5) is 12.9. The van der Waals surface area contributed by atoms with Crippen molar-refractivity contribution in [3.05, 3.63) is 56.7 Å². The predicted octanol–water partition coefficient (Wildman–Crippen LogP) is 4.25. The summed E-state index contributed by atoms with van der Waals surface area (Å²) in [6.45, 7) is 0. The Morgan fingerprint density at radius 1 is 1.26 bits per heavy atom. The van der Waals surface area contributed by atoms with Crippen molar-refractivity contribution in [2.24, 2.45) is 0 Å². The van der Waals surface area contributed by atoms with E-state index >= 15 is 0 Å². The fourth-order valence-electron chi connectivity index (χ4n) is 1.75. The van der Waals surface area contributed by atoms with Gasteiger partial charge in [0.25, 0.3) is 5.91 Å². The number of hydrogen-bond donors (Lipinski definition) is 1. The summed E-state index contributed by atoms with van der Waals surface area (Å²) in [7, 11) is 0. The molecule has 0 aliphatic carbocycles. The molecule has 0 radical (unpaired) electrons. The maximum Gasteiger partial charge on any atom is 0.262 e. The van der Waals surface area contributed by atoms with Crippen LogP contribution >= 0.6 is 43.2 Å². The molecular weight excluding hydrogens is 390 g/mol. The molecule has 0 aliphatic heterocycles. The Hall–Kier alpha value is -0.650. The van der Waals surface area contributed by atoms with E-state index in [1.165, 1.54) is 16.9 Å². The molecule has 0 saturated heterocycles. The van der Waals surface area contributed by atoms with Crippen molar-refractivity contribution in [3.63, 3.8) is 0 Å². The van der Waals surface area contributed by atoms with Gasteiger partial charge in [-0.25, -0.2) is 0 Å². The Kier molecular flexibility index (Phi) is 5.60. The number of rotatable bonds is 5. The number of carbonyl (C=O) groups excluding carboxylic acids is 1. The van der Waals surface area contributed by atoms with Gasteiger partial charge >= 0.3 is 0 Å². The molecule has 0 fully saturated rings. The molecule has 1 heterocycles. The van der Waals surface area contributed by atoms with Gasteiger partial charge in [0.1, 0.15) is 4.88 Å². The lowest BCUT2D eigenvalue weighted by Gasteiger charge is -2.16. The van der Waals surface area contributed by atoms with Gasteiger partial charge in [0, 0.05) is 15.8 Å². The third-order valence-corrected chi connectivity index (χ3v) is 5.29. The number of carbonyl (C=O) groups is 1. The van der Waals surface area contributed by atoms with Gasteiger partial charge in [0.2, 0.25) is 0 Å². The molecular formula is C14H13Br2NOS. The van der Waals surface area contributed by atoms with Crippen LogP contribution in [0, 0.1) is 0 Å². The van der Waals surface area contributed by atoms with Crippen molar-refractivity contribution >= 4 is 49.1 Å². The molecule has 100 valence electrons. The summed E-state index contributed by atoms with van der Waals surface area (Å²) < 4.78 is 0.850. The van der Waals surface area contributed by atoms with Gasteiger partial charge in [-0.3, -0.25) is 4.79 Å². The van der Waals surface area contributed by atoms with E-state index in [-0.39, 0.29) is 11.9 Å². The zero-order chi connectivity index (χ0) is 13.7. The molecule has 0 aliphatic rings. The normalized spacial score (nSPS) is 12.1. The molecule has 2 rings (SSSR count). The zero-order valence-electron chi connectivity index (χ0n) is 10.1. The van der Waals surface area contributed by atoms with Gasteiger partial charge in [-0.2, -0.15) is 0 Å². The summed E-state index contributed by atoms with van der Waals surface area (Å²) in [6, 6.07) is 12.1. The van der Waals surface area contributed by atoms with Crippen LogP contribution in [0.4, 0.5) is 0 Å². The highest BCUT2D eigenvalue weighted by molar-refractivity contribution is 9.10. The third kappa shape index (κ3) is 4.16. The first-order valence-electron chi connectivity index (χ1n) is 5.84. The van der Waals surface area contributed by atoms with E-state index < -0.39 is 0 Å². The molecule has 0 spiro atoms. The number of thiophene rings is 1. The van der Waals surface area contributed by atoms with E-state index in [4.69, 9.17) is 0 Å². The van der Waals surface area contributed by atoms with Gasteiger partial charge in [-0.1, -0.05) is 46.3 Å². The molecule has 0 bridgehead atoms. The zero-order valence-corrected chi connectivity index (χ0v) is 14.1. The maximum absolute atomic E-state index is 12.1. The SMILES string of the molecule is O=C(NC(CBr)Cc1ccccc1)c1sccc1Br. The summed E-state index contributed by atoms with van der Waals surface area (Å²) in [5, 5.41) is 5.69. The van der Waals surface area contributed by atoms with Crippen LogP contribution in [0.15, 0.2) is 46.3 Å². The van der Waals surface area contributed by atoms with E-state index in [1.807, 2.05) is 29.6 Å². The largest absolute Gasteiger partial charge is 0.347 e. The quantitative estimate of drug-likeness (QED) is 0.744. The molecule has 2 aromatic rings. The highest BCUT2D eigenvalue weighted by Gasteiger charge is 2.16. The topological polar surface area (TPSA) is 29.1 Å². The fourth-order valence-corrected chi connectivity index (χ4v) is 3.59. The van der Waals surface area contributed by atoms with Crippen LogP contribution in [0.25, 0.3) is 0 Å². The first kappa shape index (κ1) is 14.8. The highest BCUT2D eigenvalue weighted by Crippen LogP contribution is 2.22. The predicted molar refractivity (Wildman–Crippen MR) is 87.2 cm³/mol. The Balaban J connectivity index is 2.00. The van der Waals surface area contributed by atoms with Crippen molar-refractivity contribution in [1.29, 1.82) is 0 Å². The van der Waals surface area contributed by atoms with Gasteiger partial charge in [0.05, 0.1) is 0 Å². The summed E-state index contributed by atoms with van der Waals surface area (Å²) in [6.07, 6.45) is 0.820. The molecule has 1 atom stereocenters. The molecule has 1 amide bonds. The van der Waals surface area contributed by atoms with Crippen molar-refractivity contribution < 1.29 is 4.79 Å². The second kappa shape index (κ2) is 7.22. The van der Waals surface area contributed by atoms with Crippen molar-refractivity contribution in [2.45, 2.75) is 12.5 Å². The average molecular weight is 403 g/mol. The molecule has 1 aromatic heterocycles. The Morgan fingerprint density at radius 3 is 2.58 bits per heavy atom. The number of benzene rings is 1. The molecule has 2 nitrogen and oxygen atoms in total. The summed E-state index contributed by atoms with van der Waals surface area (Å²) >= 11 is 8.29. The lowest BCUT2D eigenvalue weighted by atomic mass is 10.1. The lowest BCUT2D eigenvalue weighted by molar-refractivity contribution is 0.0944. The maximum atomic E-state index is 12.1. The second-order valence-corrected chi connectivity index (χ2v) is 6.53. The molecule has 1 unspecified atom stereocenters. The van der Waals surface area contributed by atoms with E-state index in [1.54, 1.807) is 0 Å². The van der Waals surface area contributed by atoms with Crippen LogP contribution in [0.5, 0.6) is 0 Å². The van der Waals surface area contributed by atoms with Crippen LogP contribution in [-0.2, 0) is 6.42 Å². The van der Waals surface area contributed by atoms with Crippen molar-refractivity contribution in [2.75, 3.05) is 5.33 Å². The summed E-state index contributed by atoms with van der Waals surface area (Å²) in [5.74, 6) is -0.0257. The molecule has 19 heavy (non-hydrogen) atoms. The minimum Gasteiger partial charge on any atom is -0.347 e. The first-order chi connectivity index (χ1) is 9.20. The third-order valence-electron chi connectivity index (χ3n) is 2.67. The highest BCUT2D eigenvalue weighted by atomic mass is 79.9. The van der Waals surface area contributed by atoms with Crippen LogP contribution < -0.4 is 5.32 Å². The van der Waals surface area contributed by atoms with Crippen molar-refractivity contribution in [3.8, 4) is 0 Å². The standard InChI is InChI=1S/C14H13Br2NOS/c15-9-11(8-10-4-2-1-3-5-10)17-14(18)13-12(16)6-7-19-13/h1-7,11H,8-9H2,(H,17,18). The van der Waals surface area contributed by atoms with Gasteiger partial charge in [-0.05, 0) is 39.4 Å². The monoisotopic (exact) mass is 401 g/mol. The second-order valence-electron chi connectivity index (χ2n) is 4.11. The number of alkyl halides is 1. The smallest absolute Gasteiger partial charge is 0.262 e. The summed E-state index contributed by atoms with van der Waals surface area (Å²) in [5.41, 5.74) is 1.22. The molecule has 1 N–H and O–H groups in total. The van der Waals surface area contributed by atoms with Gasteiger partial charge in [-0.15, -0.1) is 11.3 Å². The molecule has 5 heteroatoms. The Morgan fingerprint density at radius 2 is 2.00 bits per heavy atom. The average Bonchev–Trinajstić information content (AvgIpc) is 2.85. The Bertz CT molecular complexity index is 541. The van der Waals surface area contributed by atoms with Gasteiger partial charge < -0.3 is 5.32 Å². The fraction of sp³-hybridized carbons (Fsp3) is 0.214. The number of nitrogens with one attached hydrogen (secondary N) is 1. The first-order valence-corrected chi connectivity index (χ1v) is 8.64. The van der Waals surface area contributed by atoms with Crippen LogP contribution in [0.1, 0.15) is 15.2 Å².